The molecule has 0 rings (SSSR count). The number of primary amides is 1. The van der Waals surface area contributed by atoms with Crippen LogP contribution in [-0.4, -0.2) is 35.1 Å². The molecular formula is C13H25N3O4. The first-order valence-electron chi connectivity index (χ1n) is 6.80. The molecule has 0 aliphatic heterocycles. The van der Waals surface area contributed by atoms with E-state index in [0.717, 1.165) is 6.42 Å². The van der Waals surface area contributed by atoms with Crippen LogP contribution in [0.25, 0.3) is 0 Å². The molecule has 0 spiro atoms. The zero-order valence-electron chi connectivity index (χ0n) is 12.3. The van der Waals surface area contributed by atoms with Crippen LogP contribution in [-0.2, 0) is 9.59 Å². The zero-order valence-corrected chi connectivity index (χ0v) is 12.3. The third kappa shape index (κ3) is 9.18. The fourth-order valence-electron chi connectivity index (χ4n) is 1.77. The smallest absolute Gasteiger partial charge is 0.315 e. The lowest BCUT2D eigenvalue weighted by Gasteiger charge is -2.17. The molecule has 0 heterocycles. The molecule has 0 aromatic heterocycles. The number of rotatable bonds is 9. The maximum absolute atomic E-state index is 11.6. The average molecular weight is 287 g/mol. The van der Waals surface area contributed by atoms with Gasteiger partial charge in [-0.25, -0.2) is 4.79 Å². The molecule has 3 amide bonds. The van der Waals surface area contributed by atoms with E-state index in [1.807, 2.05) is 6.92 Å². The fourth-order valence-corrected chi connectivity index (χ4v) is 1.77. The van der Waals surface area contributed by atoms with Gasteiger partial charge in [-0.1, -0.05) is 13.3 Å². The summed E-state index contributed by atoms with van der Waals surface area (Å²) < 4.78 is 0. The lowest BCUT2D eigenvalue weighted by Crippen LogP contribution is -2.45. The van der Waals surface area contributed by atoms with Crippen LogP contribution in [0.2, 0.25) is 0 Å². The quantitative estimate of drug-likeness (QED) is 0.501. The van der Waals surface area contributed by atoms with Gasteiger partial charge in [0.15, 0.2) is 0 Å². The molecule has 0 fully saturated rings. The van der Waals surface area contributed by atoms with Gasteiger partial charge in [-0.2, -0.15) is 0 Å². The fraction of sp³-hybridized carbons (Fsp3) is 0.769. The Kier molecular flexibility index (Phi) is 8.35. The van der Waals surface area contributed by atoms with E-state index in [1.165, 1.54) is 0 Å². The van der Waals surface area contributed by atoms with Crippen LogP contribution < -0.4 is 16.4 Å². The number of carbonyl (C=O) groups excluding carboxylic acids is 2. The molecular weight excluding hydrogens is 262 g/mol. The van der Waals surface area contributed by atoms with Crippen molar-refractivity contribution in [2.45, 2.75) is 58.5 Å². The van der Waals surface area contributed by atoms with E-state index in [-0.39, 0.29) is 30.5 Å². The Morgan fingerprint density at radius 1 is 1.05 bits per heavy atom. The summed E-state index contributed by atoms with van der Waals surface area (Å²) in [5, 5.41) is 14.1. The summed E-state index contributed by atoms with van der Waals surface area (Å²) in [6.45, 7) is 5.21. The van der Waals surface area contributed by atoms with Crippen LogP contribution in [0.5, 0.6) is 0 Å². The molecule has 0 saturated carbocycles. The maximum Gasteiger partial charge on any atom is 0.315 e. The molecule has 0 radical (unpaired) electrons. The molecule has 20 heavy (non-hydrogen) atoms. The van der Waals surface area contributed by atoms with Crippen molar-refractivity contribution in [2.24, 2.45) is 11.7 Å². The van der Waals surface area contributed by atoms with Crippen molar-refractivity contribution in [3.63, 3.8) is 0 Å². The summed E-state index contributed by atoms with van der Waals surface area (Å²) in [5.41, 5.74) is 5.03. The molecule has 0 aliphatic rings. The highest BCUT2D eigenvalue weighted by Crippen LogP contribution is 2.09. The van der Waals surface area contributed by atoms with Crippen molar-refractivity contribution in [3.05, 3.63) is 0 Å². The molecule has 116 valence electrons. The van der Waals surface area contributed by atoms with E-state index >= 15 is 0 Å². The lowest BCUT2D eigenvalue weighted by atomic mass is 10.0. The molecule has 7 heteroatoms. The molecule has 0 saturated heterocycles. The van der Waals surface area contributed by atoms with Gasteiger partial charge in [-0.05, 0) is 26.7 Å². The SMILES string of the molecule is CC(CCCC(C)C(=O)O)NC(=O)NC(C)CC(N)=O. The summed E-state index contributed by atoms with van der Waals surface area (Å²) in [6.07, 6.45) is 2.11. The molecule has 3 atom stereocenters. The van der Waals surface area contributed by atoms with Gasteiger partial charge < -0.3 is 21.5 Å². The third-order valence-electron chi connectivity index (χ3n) is 2.96. The number of carboxylic acids is 1. The van der Waals surface area contributed by atoms with E-state index in [9.17, 15) is 14.4 Å². The third-order valence-corrected chi connectivity index (χ3v) is 2.96. The number of hydrogen-bond donors (Lipinski definition) is 4. The van der Waals surface area contributed by atoms with Gasteiger partial charge in [-0.15, -0.1) is 0 Å². The van der Waals surface area contributed by atoms with Gasteiger partial charge in [0.1, 0.15) is 0 Å². The van der Waals surface area contributed by atoms with E-state index in [0.29, 0.717) is 12.8 Å². The second-order valence-electron chi connectivity index (χ2n) is 5.26. The highest BCUT2D eigenvalue weighted by atomic mass is 16.4. The largest absolute Gasteiger partial charge is 0.481 e. The predicted molar refractivity (Wildman–Crippen MR) is 75.1 cm³/mol. The van der Waals surface area contributed by atoms with E-state index in [1.54, 1.807) is 13.8 Å². The number of nitrogens with two attached hydrogens (primary N) is 1. The van der Waals surface area contributed by atoms with Crippen LogP contribution in [0.3, 0.4) is 0 Å². The van der Waals surface area contributed by atoms with Gasteiger partial charge in [-0.3, -0.25) is 9.59 Å². The maximum atomic E-state index is 11.6. The minimum Gasteiger partial charge on any atom is -0.481 e. The van der Waals surface area contributed by atoms with Gasteiger partial charge in [0.25, 0.3) is 0 Å². The Balaban J connectivity index is 3.85. The highest BCUT2D eigenvalue weighted by Gasteiger charge is 2.14. The van der Waals surface area contributed by atoms with Crippen LogP contribution >= 0.6 is 0 Å². The molecule has 5 N–H and O–H groups in total. The van der Waals surface area contributed by atoms with Crippen LogP contribution in [0.1, 0.15) is 46.5 Å². The van der Waals surface area contributed by atoms with Gasteiger partial charge in [0.2, 0.25) is 5.91 Å². The summed E-state index contributed by atoms with van der Waals surface area (Å²) >= 11 is 0. The minimum atomic E-state index is -0.802. The Morgan fingerprint density at radius 2 is 1.60 bits per heavy atom. The summed E-state index contributed by atoms with van der Waals surface area (Å²) in [6, 6.07) is -0.721. The number of urea groups is 1. The second-order valence-corrected chi connectivity index (χ2v) is 5.26. The number of amides is 3. The number of carboxylic acid groups (broad SMARTS) is 1. The first-order valence-corrected chi connectivity index (χ1v) is 6.80. The molecule has 0 bridgehead atoms. The van der Waals surface area contributed by atoms with E-state index in [2.05, 4.69) is 10.6 Å². The van der Waals surface area contributed by atoms with Crippen molar-refractivity contribution in [3.8, 4) is 0 Å². The molecule has 3 unspecified atom stereocenters. The summed E-state index contributed by atoms with van der Waals surface area (Å²) in [4.78, 5) is 32.9. The number of carbonyl (C=O) groups is 3. The second kappa shape index (κ2) is 9.17. The topological polar surface area (TPSA) is 122 Å². The Labute approximate surface area is 119 Å². The van der Waals surface area contributed by atoms with Gasteiger partial charge in [0, 0.05) is 18.5 Å². The van der Waals surface area contributed by atoms with Crippen molar-refractivity contribution in [1.82, 2.24) is 10.6 Å². The van der Waals surface area contributed by atoms with E-state index < -0.39 is 11.9 Å². The molecule has 0 aliphatic carbocycles. The average Bonchev–Trinajstić information content (AvgIpc) is 2.26. The van der Waals surface area contributed by atoms with Gasteiger partial charge in [0.05, 0.1) is 5.92 Å². The van der Waals surface area contributed by atoms with Crippen molar-refractivity contribution >= 4 is 17.9 Å². The van der Waals surface area contributed by atoms with Crippen LogP contribution in [0.4, 0.5) is 4.79 Å². The lowest BCUT2D eigenvalue weighted by molar-refractivity contribution is -0.141. The van der Waals surface area contributed by atoms with Crippen molar-refractivity contribution in [2.75, 3.05) is 0 Å². The normalized spacial score (nSPS) is 14.9. The molecule has 7 nitrogen and oxygen atoms in total. The van der Waals surface area contributed by atoms with Gasteiger partial charge >= 0.3 is 12.0 Å². The Morgan fingerprint density at radius 3 is 2.10 bits per heavy atom. The Hall–Kier alpha value is -1.79. The first kappa shape index (κ1) is 18.2. The Bertz CT molecular complexity index is 347. The first-order chi connectivity index (χ1) is 9.22. The number of aliphatic carboxylic acids is 1. The van der Waals surface area contributed by atoms with Crippen LogP contribution in [0.15, 0.2) is 0 Å². The van der Waals surface area contributed by atoms with Crippen molar-refractivity contribution in [1.29, 1.82) is 0 Å². The zero-order chi connectivity index (χ0) is 15.7. The summed E-state index contributed by atoms with van der Waals surface area (Å²) in [7, 11) is 0. The monoisotopic (exact) mass is 287 g/mol. The highest BCUT2D eigenvalue weighted by molar-refractivity contribution is 5.77. The predicted octanol–water partition coefficient (Wildman–Crippen LogP) is 0.829. The number of nitrogens with one attached hydrogen (secondary N) is 2. The number of hydrogen-bond acceptors (Lipinski definition) is 3. The van der Waals surface area contributed by atoms with Crippen molar-refractivity contribution < 1.29 is 19.5 Å². The van der Waals surface area contributed by atoms with Crippen LogP contribution in [0, 0.1) is 5.92 Å². The standard InChI is InChI=1S/C13H25N3O4/c1-8(12(18)19)5-4-6-9(2)15-13(20)16-10(3)7-11(14)17/h8-10H,4-7H2,1-3H3,(H2,14,17)(H,18,19)(H2,15,16,20). The minimum absolute atomic E-state index is 0.0585. The molecule has 0 aromatic carbocycles. The molecule has 0 aromatic rings. The van der Waals surface area contributed by atoms with E-state index in [4.69, 9.17) is 10.8 Å². The summed E-state index contributed by atoms with van der Waals surface area (Å²) in [5.74, 6) is -1.64.